The molecule has 3 rings (SSSR count). The molecule has 1 heterocycles. The second-order valence-electron chi connectivity index (χ2n) is 5.11. The van der Waals surface area contributed by atoms with Crippen molar-refractivity contribution in [3.8, 4) is 0 Å². The minimum atomic E-state index is -0.0891. The van der Waals surface area contributed by atoms with E-state index in [1.165, 1.54) is 6.07 Å². The van der Waals surface area contributed by atoms with Gasteiger partial charge in [-0.3, -0.25) is 4.79 Å². The van der Waals surface area contributed by atoms with E-state index in [2.05, 4.69) is 10.6 Å². The molecule has 1 fully saturated rings. The molecular formula is C14H17FN2O. The molecule has 0 radical (unpaired) electrons. The van der Waals surface area contributed by atoms with Gasteiger partial charge < -0.3 is 10.6 Å². The molecule has 4 heteroatoms. The Bertz CT molecular complexity index is 465. The summed E-state index contributed by atoms with van der Waals surface area (Å²) in [6, 6.07) is 5.85. The van der Waals surface area contributed by atoms with Crippen molar-refractivity contribution in [2.45, 2.75) is 37.8 Å². The van der Waals surface area contributed by atoms with Crippen LogP contribution in [0.1, 0.15) is 36.4 Å². The number of nitrogens with one attached hydrogen (secondary N) is 2. The first kappa shape index (κ1) is 11.7. The molecule has 0 saturated carbocycles. The van der Waals surface area contributed by atoms with Gasteiger partial charge in [-0.25, -0.2) is 4.39 Å². The van der Waals surface area contributed by atoms with Crippen LogP contribution in [-0.2, 0) is 11.2 Å². The van der Waals surface area contributed by atoms with Crippen LogP contribution in [0.2, 0.25) is 0 Å². The van der Waals surface area contributed by atoms with Gasteiger partial charge in [-0.05, 0) is 36.5 Å². The van der Waals surface area contributed by atoms with E-state index in [1.807, 2.05) is 6.07 Å². The van der Waals surface area contributed by atoms with Crippen LogP contribution in [0.4, 0.5) is 4.39 Å². The zero-order valence-electron chi connectivity index (χ0n) is 10.2. The molecule has 1 aromatic rings. The van der Waals surface area contributed by atoms with E-state index >= 15 is 0 Å². The number of amides is 1. The molecule has 2 unspecified atom stereocenters. The Morgan fingerprint density at radius 1 is 1.28 bits per heavy atom. The van der Waals surface area contributed by atoms with E-state index < -0.39 is 0 Å². The largest absolute Gasteiger partial charge is 0.355 e. The van der Waals surface area contributed by atoms with Gasteiger partial charge in [0.2, 0.25) is 5.91 Å². The Balaban J connectivity index is 1.69. The fourth-order valence-electron chi connectivity index (χ4n) is 2.94. The van der Waals surface area contributed by atoms with E-state index in [-0.39, 0.29) is 17.8 Å². The maximum Gasteiger partial charge on any atom is 0.220 e. The predicted octanol–water partition coefficient (Wildman–Crippen LogP) is 1.68. The minimum absolute atomic E-state index is 0.0891. The molecule has 0 spiro atoms. The van der Waals surface area contributed by atoms with Crippen LogP contribution in [0.25, 0.3) is 0 Å². The Morgan fingerprint density at radius 2 is 2.17 bits per heavy atom. The molecule has 18 heavy (non-hydrogen) atoms. The molecule has 96 valence electrons. The van der Waals surface area contributed by atoms with Gasteiger partial charge in [-0.2, -0.15) is 0 Å². The number of rotatable bonds is 2. The molecule has 1 aromatic carbocycles. The maximum atomic E-state index is 13.6. The fraction of sp³-hybridized carbons (Fsp3) is 0.500. The van der Waals surface area contributed by atoms with E-state index in [0.717, 1.165) is 30.4 Å². The highest BCUT2D eigenvalue weighted by Gasteiger charge is 2.28. The summed E-state index contributed by atoms with van der Waals surface area (Å²) >= 11 is 0. The number of benzene rings is 1. The van der Waals surface area contributed by atoms with Crippen molar-refractivity contribution in [3.05, 3.63) is 35.1 Å². The molecule has 1 aliphatic carbocycles. The first-order chi connectivity index (χ1) is 8.74. The van der Waals surface area contributed by atoms with Gasteiger partial charge in [-0.1, -0.05) is 12.1 Å². The SMILES string of the molecule is O=C1CCC(NC2CCc3c(F)cccc32)CN1. The van der Waals surface area contributed by atoms with Crippen molar-refractivity contribution < 1.29 is 9.18 Å². The number of hydrogen-bond donors (Lipinski definition) is 2. The molecular weight excluding hydrogens is 231 g/mol. The Labute approximate surface area is 106 Å². The molecule has 0 aromatic heterocycles. The van der Waals surface area contributed by atoms with Crippen molar-refractivity contribution in [3.63, 3.8) is 0 Å². The maximum absolute atomic E-state index is 13.6. The van der Waals surface area contributed by atoms with Crippen molar-refractivity contribution in [2.75, 3.05) is 6.54 Å². The summed E-state index contributed by atoms with van der Waals surface area (Å²) in [6.07, 6.45) is 3.20. The van der Waals surface area contributed by atoms with Gasteiger partial charge in [0, 0.05) is 25.0 Å². The average molecular weight is 248 g/mol. The highest BCUT2D eigenvalue weighted by atomic mass is 19.1. The topological polar surface area (TPSA) is 41.1 Å². The van der Waals surface area contributed by atoms with E-state index in [4.69, 9.17) is 0 Å². The van der Waals surface area contributed by atoms with Crippen LogP contribution < -0.4 is 10.6 Å². The van der Waals surface area contributed by atoms with Crippen LogP contribution in [0, 0.1) is 5.82 Å². The normalized spacial score (nSPS) is 26.8. The number of carbonyl (C=O) groups is 1. The summed E-state index contributed by atoms with van der Waals surface area (Å²) in [4.78, 5) is 11.1. The lowest BCUT2D eigenvalue weighted by atomic mass is 10.0. The zero-order valence-corrected chi connectivity index (χ0v) is 10.2. The van der Waals surface area contributed by atoms with Crippen LogP contribution in [0.5, 0.6) is 0 Å². The number of halogens is 1. The number of piperidine rings is 1. The van der Waals surface area contributed by atoms with Crippen LogP contribution in [-0.4, -0.2) is 18.5 Å². The Hall–Kier alpha value is -1.42. The number of fused-ring (bicyclic) bond motifs is 1. The summed E-state index contributed by atoms with van der Waals surface area (Å²) in [5.74, 6) is 0.0414. The molecule has 2 N–H and O–H groups in total. The van der Waals surface area contributed by atoms with Gasteiger partial charge in [0.1, 0.15) is 5.82 Å². The van der Waals surface area contributed by atoms with Crippen LogP contribution >= 0.6 is 0 Å². The summed E-state index contributed by atoms with van der Waals surface area (Å²) in [6.45, 7) is 0.681. The number of hydrogen-bond acceptors (Lipinski definition) is 2. The second kappa shape index (κ2) is 4.69. The van der Waals surface area contributed by atoms with Crippen LogP contribution in [0.3, 0.4) is 0 Å². The second-order valence-corrected chi connectivity index (χ2v) is 5.11. The fourth-order valence-corrected chi connectivity index (χ4v) is 2.94. The van der Waals surface area contributed by atoms with Gasteiger partial charge in [-0.15, -0.1) is 0 Å². The Morgan fingerprint density at radius 3 is 2.94 bits per heavy atom. The molecule has 2 atom stereocenters. The van der Waals surface area contributed by atoms with Crippen molar-refractivity contribution >= 4 is 5.91 Å². The number of carbonyl (C=O) groups excluding carboxylic acids is 1. The quantitative estimate of drug-likeness (QED) is 0.836. The zero-order chi connectivity index (χ0) is 12.5. The van der Waals surface area contributed by atoms with Gasteiger partial charge in [0.05, 0.1) is 0 Å². The summed E-state index contributed by atoms with van der Waals surface area (Å²) in [7, 11) is 0. The van der Waals surface area contributed by atoms with Gasteiger partial charge in [0.15, 0.2) is 0 Å². The monoisotopic (exact) mass is 248 g/mol. The standard InChI is InChI=1S/C14H17FN2O/c15-12-3-1-2-11-10(12)5-6-13(11)17-9-4-7-14(18)16-8-9/h1-3,9,13,17H,4-8H2,(H,16,18). The van der Waals surface area contributed by atoms with Gasteiger partial charge >= 0.3 is 0 Å². The third-order valence-electron chi connectivity index (χ3n) is 3.92. The third kappa shape index (κ3) is 2.12. The van der Waals surface area contributed by atoms with Crippen molar-refractivity contribution in [1.82, 2.24) is 10.6 Å². The smallest absolute Gasteiger partial charge is 0.220 e. The highest BCUT2D eigenvalue weighted by Crippen LogP contribution is 2.33. The lowest BCUT2D eigenvalue weighted by Crippen LogP contribution is -2.46. The molecule has 1 aliphatic heterocycles. The first-order valence-corrected chi connectivity index (χ1v) is 6.54. The summed E-state index contributed by atoms with van der Waals surface area (Å²) in [5, 5.41) is 6.41. The lowest BCUT2D eigenvalue weighted by Gasteiger charge is -2.27. The predicted molar refractivity (Wildman–Crippen MR) is 66.6 cm³/mol. The molecule has 2 aliphatic rings. The van der Waals surface area contributed by atoms with Crippen LogP contribution in [0.15, 0.2) is 18.2 Å². The van der Waals surface area contributed by atoms with E-state index in [9.17, 15) is 9.18 Å². The van der Waals surface area contributed by atoms with Gasteiger partial charge in [0.25, 0.3) is 0 Å². The third-order valence-corrected chi connectivity index (χ3v) is 3.92. The van der Waals surface area contributed by atoms with Crippen molar-refractivity contribution in [1.29, 1.82) is 0 Å². The molecule has 1 amide bonds. The van der Waals surface area contributed by atoms with E-state index in [1.54, 1.807) is 6.07 Å². The molecule has 1 saturated heterocycles. The summed E-state index contributed by atoms with van der Waals surface area (Å²) < 4.78 is 13.6. The molecule has 0 bridgehead atoms. The minimum Gasteiger partial charge on any atom is -0.355 e. The first-order valence-electron chi connectivity index (χ1n) is 6.54. The average Bonchev–Trinajstić information content (AvgIpc) is 2.77. The Kier molecular flexibility index (Phi) is 3.04. The van der Waals surface area contributed by atoms with Crippen molar-refractivity contribution in [2.24, 2.45) is 0 Å². The van der Waals surface area contributed by atoms with E-state index in [0.29, 0.717) is 19.0 Å². The summed E-state index contributed by atoms with van der Waals surface area (Å²) in [5.41, 5.74) is 1.95. The lowest BCUT2D eigenvalue weighted by molar-refractivity contribution is -0.122. The molecule has 3 nitrogen and oxygen atoms in total. The highest BCUT2D eigenvalue weighted by molar-refractivity contribution is 5.76.